The van der Waals surface area contributed by atoms with Crippen LogP contribution in [-0.2, 0) is 4.74 Å². The first-order chi connectivity index (χ1) is 5.81. The Bertz CT molecular complexity index is 187. The predicted octanol–water partition coefficient (Wildman–Crippen LogP) is 0.189. The minimum atomic E-state index is -0.175. The Morgan fingerprint density at radius 3 is 2.83 bits per heavy atom. The van der Waals surface area contributed by atoms with Crippen molar-refractivity contribution in [2.45, 2.75) is 24.9 Å². The molecule has 12 heavy (non-hydrogen) atoms. The van der Waals surface area contributed by atoms with E-state index in [1.54, 1.807) is 0 Å². The van der Waals surface area contributed by atoms with E-state index in [1.807, 2.05) is 4.90 Å². The summed E-state index contributed by atoms with van der Waals surface area (Å²) in [5.74, 6) is 0. The van der Waals surface area contributed by atoms with Gasteiger partial charge in [0.2, 0.25) is 0 Å². The van der Waals surface area contributed by atoms with Crippen LogP contribution in [0.4, 0.5) is 4.79 Å². The maximum absolute atomic E-state index is 11.2. The number of carbonyl (C=O) groups is 1. The third kappa shape index (κ3) is 1.16. The summed E-state index contributed by atoms with van der Waals surface area (Å²) in [6.45, 7) is 1.75. The van der Waals surface area contributed by atoms with E-state index in [0.29, 0.717) is 12.1 Å². The van der Waals surface area contributed by atoms with Gasteiger partial charge in [-0.15, -0.1) is 0 Å². The second-order valence-corrected chi connectivity index (χ2v) is 3.46. The van der Waals surface area contributed by atoms with Gasteiger partial charge in [-0.2, -0.15) is 0 Å². The Labute approximate surface area is 71.9 Å². The number of nitrogens with zero attached hydrogens (tertiary/aromatic N) is 1. The summed E-state index contributed by atoms with van der Waals surface area (Å²) in [5, 5.41) is 3.38. The molecule has 0 aromatic carbocycles. The summed E-state index contributed by atoms with van der Waals surface area (Å²) in [7, 11) is 1.44. The number of hydrogen-bond donors (Lipinski definition) is 1. The number of ether oxygens (including phenoxy) is 1. The zero-order chi connectivity index (χ0) is 8.55. The second-order valence-electron chi connectivity index (χ2n) is 3.46. The van der Waals surface area contributed by atoms with Crippen molar-refractivity contribution in [3.05, 3.63) is 0 Å². The van der Waals surface area contributed by atoms with E-state index in [-0.39, 0.29) is 6.09 Å². The van der Waals surface area contributed by atoms with Crippen LogP contribution in [-0.4, -0.2) is 43.3 Å². The van der Waals surface area contributed by atoms with Gasteiger partial charge in [-0.25, -0.2) is 4.79 Å². The van der Waals surface area contributed by atoms with Gasteiger partial charge < -0.3 is 15.0 Å². The van der Waals surface area contributed by atoms with Crippen LogP contribution >= 0.6 is 0 Å². The number of nitrogens with one attached hydrogen (secondary N) is 1. The number of piperazine rings is 1. The van der Waals surface area contributed by atoms with Crippen LogP contribution in [0, 0.1) is 0 Å². The average molecular weight is 170 g/mol. The van der Waals surface area contributed by atoms with Gasteiger partial charge in [0.15, 0.2) is 0 Å². The van der Waals surface area contributed by atoms with Gasteiger partial charge in [0, 0.05) is 25.2 Å². The van der Waals surface area contributed by atoms with Crippen LogP contribution in [0.5, 0.6) is 0 Å². The quantitative estimate of drug-likeness (QED) is 0.564. The lowest BCUT2D eigenvalue weighted by Gasteiger charge is -2.44. The Kier molecular flexibility index (Phi) is 1.92. The fraction of sp³-hybridized carbons (Fsp3) is 0.875. The van der Waals surface area contributed by atoms with Gasteiger partial charge in [0.25, 0.3) is 0 Å². The molecule has 3 aliphatic rings. The average Bonchev–Trinajstić information content (AvgIpc) is 2.18. The highest BCUT2D eigenvalue weighted by Crippen LogP contribution is 2.22. The van der Waals surface area contributed by atoms with Crippen LogP contribution in [0.1, 0.15) is 12.8 Å². The van der Waals surface area contributed by atoms with Crippen LogP contribution in [0.25, 0.3) is 0 Å². The molecule has 0 radical (unpaired) electrons. The largest absolute Gasteiger partial charge is 0.453 e. The molecule has 3 heterocycles. The topological polar surface area (TPSA) is 41.6 Å². The molecule has 0 saturated carbocycles. The first-order valence-electron chi connectivity index (χ1n) is 4.39. The van der Waals surface area contributed by atoms with Crippen LogP contribution in [0.3, 0.4) is 0 Å². The summed E-state index contributed by atoms with van der Waals surface area (Å²) >= 11 is 0. The maximum Gasteiger partial charge on any atom is 0.409 e. The van der Waals surface area contributed by atoms with Crippen LogP contribution in [0.2, 0.25) is 0 Å². The molecule has 3 aliphatic heterocycles. The number of methoxy groups -OCH3 is 1. The molecule has 2 bridgehead atoms. The van der Waals surface area contributed by atoms with Crippen LogP contribution < -0.4 is 5.32 Å². The molecule has 68 valence electrons. The number of piperidine rings is 2. The van der Waals surface area contributed by atoms with E-state index in [4.69, 9.17) is 4.74 Å². The number of hydrogen-bond acceptors (Lipinski definition) is 3. The predicted molar refractivity (Wildman–Crippen MR) is 43.9 cm³/mol. The van der Waals surface area contributed by atoms with Crippen LogP contribution in [0.15, 0.2) is 0 Å². The summed E-state index contributed by atoms with van der Waals surface area (Å²) in [6.07, 6.45) is 2.14. The molecule has 0 aromatic heterocycles. The highest BCUT2D eigenvalue weighted by Gasteiger charge is 2.36. The number of carbonyl (C=O) groups excluding carboxylic acids is 1. The van der Waals surface area contributed by atoms with Crippen molar-refractivity contribution in [3.63, 3.8) is 0 Å². The molecule has 2 unspecified atom stereocenters. The van der Waals surface area contributed by atoms with Gasteiger partial charge in [0.1, 0.15) is 0 Å². The Hall–Kier alpha value is -0.770. The first kappa shape index (κ1) is 7.86. The lowest BCUT2D eigenvalue weighted by Crippen LogP contribution is -2.62. The van der Waals surface area contributed by atoms with Gasteiger partial charge in [-0.1, -0.05) is 0 Å². The van der Waals surface area contributed by atoms with E-state index in [1.165, 1.54) is 13.5 Å². The van der Waals surface area contributed by atoms with Gasteiger partial charge >= 0.3 is 6.09 Å². The Morgan fingerprint density at radius 1 is 1.58 bits per heavy atom. The van der Waals surface area contributed by atoms with Crippen molar-refractivity contribution in [3.8, 4) is 0 Å². The fourth-order valence-corrected chi connectivity index (χ4v) is 2.05. The molecule has 1 N–H and O–H groups in total. The molecule has 0 aromatic rings. The van der Waals surface area contributed by atoms with Crippen molar-refractivity contribution in [2.24, 2.45) is 0 Å². The number of rotatable bonds is 0. The zero-order valence-electron chi connectivity index (χ0n) is 7.25. The minimum Gasteiger partial charge on any atom is -0.453 e. The second kappa shape index (κ2) is 2.94. The Morgan fingerprint density at radius 2 is 2.42 bits per heavy atom. The molecule has 2 atom stereocenters. The molecule has 1 amide bonds. The third-order valence-corrected chi connectivity index (χ3v) is 2.76. The molecule has 3 saturated heterocycles. The van der Waals surface area contributed by atoms with E-state index in [0.717, 1.165) is 19.5 Å². The smallest absolute Gasteiger partial charge is 0.409 e. The van der Waals surface area contributed by atoms with E-state index in [2.05, 4.69) is 5.32 Å². The van der Waals surface area contributed by atoms with Gasteiger partial charge in [-0.05, 0) is 12.8 Å². The van der Waals surface area contributed by atoms with Crippen molar-refractivity contribution >= 4 is 6.09 Å². The highest BCUT2D eigenvalue weighted by atomic mass is 16.5. The molecule has 3 fully saturated rings. The van der Waals surface area contributed by atoms with Crippen molar-refractivity contribution < 1.29 is 9.53 Å². The lowest BCUT2D eigenvalue weighted by molar-refractivity contribution is 0.0560. The van der Waals surface area contributed by atoms with E-state index in [9.17, 15) is 4.79 Å². The Balaban J connectivity index is 2.03. The normalized spacial score (nSPS) is 33.6. The molecule has 3 rings (SSSR count). The molecular weight excluding hydrogens is 156 g/mol. The van der Waals surface area contributed by atoms with Crippen molar-refractivity contribution in [1.82, 2.24) is 10.2 Å². The third-order valence-electron chi connectivity index (χ3n) is 2.76. The number of fused-ring (bicyclic) bond motifs is 3. The van der Waals surface area contributed by atoms with Crippen molar-refractivity contribution in [2.75, 3.05) is 20.2 Å². The fourth-order valence-electron chi connectivity index (χ4n) is 2.05. The van der Waals surface area contributed by atoms with E-state index < -0.39 is 0 Å². The molecule has 4 heteroatoms. The summed E-state index contributed by atoms with van der Waals surface area (Å²) in [5.41, 5.74) is 0. The monoisotopic (exact) mass is 170 g/mol. The molecular formula is C8H14N2O2. The molecule has 4 nitrogen and oxygen atoms in total. The minimum absolute atomic E-state index is 0.175. The summed E-state index contributed by atoms with van der Waals surface area (Å²) in [4.78, 5) is 13.1. The summed E-state index contributed by atoms with van der Waals surface area (Å²) in [6, 6.07) is 0.858. The van der Waals surface area contributed by atoms with Crippen molar-refractivity contribution in [1.29, 1.82) is 0 Å². The molecule has 0 spiro atoms. The summed E-state index contributed by atoms with van der Waals surface area (Å²) < 4.78 is 4.70. The zero-order valence-corrected chi connectivity index (χ0v) is 7.25. The lowest BCUT2D eigenvalue weighted by atomic mass is 9.94. The van der Waals surface area contributed by atoms with Gasteiger partial charge in [0.05, 0.1) is 7.11 Å². The number of amides is 1. The molecule has 0 aliphatic carbocycles. The van der Waals surface area contributed by atoms with E-state index >= 15 is 0 Å². The standard InChI is InChI=1S/C8H14N2O2/c1-12-8(11)10-5-6-2-3-7(10)4-9-6/h6-7,9H,2-5H2,1H3. The highest BCUT2D eigenvalue weighted by molar-refractivity contribution is 5.68. The maximum atomic E-state index is 11.2. The SMILES string of the molecule is COC(=O)N1CC2CCC1CN2. The first-order valence-corrected chi connectivity index (χ1v) is 4.39. The van der Waals surface area contributed by atoms with Gasteiger partial charge in [-0.3, -0.25) is 0 Å².